The van der Waals surface area contributed by atoms with Crippen LogP contribution in [0.4, 0.5) is 0 Å². The van der Waals surface area contributed by atoms with Crippen LogP contribution in [-0.4, -0.2) is 43.0 Å². The van der Waals surface area contributed by atoms with Gasteiger partial charge in [0.05, 0.1) is 12.6 Å². The number of nitrogens with zero attached hydrogens (tertiary/aromatic N) is 1. The third-order valence-corrected chi connectivity index (χ3v) is 3.61. The van der Waals surface area contributed by atoms with Crippen LogP contribution in [0.1, 0.15) is 39.1 Å². The number of nitrogens with two attached hydrogens (primary N) is 1. The summed E-state index contributed by atoms with van der Waals surface area (Å²) in [5.41, 5.74) is 7.04. The molecule has 20 heavy (non-hydrogen) atoms. The molecule has 1 saturated heterocycles. The molecule has 1 aliphatic heterocycles. The van der Waals surface area contributed by atoms with Gasteiger partial charge in [0.25, 0.3) is 5.91 Å². The van der Waals surface area contributed by atoms with Crippen molar-refractivity contribution in [1.29, 1.82) is 0 Å². The van der Waals surface area contributed by atoms with Gasteiger partial charge in [-0.25, -0.2) is 0 Å². The maximum atomic E-state index is 12.6. The first-order chi connectivity index (χ1) is 9.52. The van der Waals surface area contributed by atoms with Crippen LogP contribution in [0.25, 0.3) is 0 Å². The van der Waals surface area contributed by atoms with E-state index in [9.17, 15) is 9.59 Å². The predicted molar refractivity (Wildman–Crippen MR) is 75.6 cm³/mol. The van der Waals surface area contributed by atoms with Crippen LogP contribution in [0.3, 0.4) is 0 Å². The highest BCUT2D eigenvalue weighted by Gasteiger charge is 2.29. The summed E-state index contributed by atoms with van der Waals surface area (Å²) in [6.45, 7) is 3.12. The number of likely N-dealkylation sites (tertiary alicyclic amines) is 1. The summed E-state index contributed by atoms with van der Waals surface area (Å²) in [7, 11) is 1.64. The molecule has 0 aromatic heterocycles. The lowest BCUT2D eigenvalue weighted by molar-refractivity contribution is 0.0630. The van der Waals surface area contributed by atoms with E-state index in [0.717, 1.165) is 24.9 Å². The molecule has 1 atom stereocenters. The molecule has 1 heterocycles. The first kappa shape index (κ1) is 14.5. The van der Waals surface area contributed by atoms with Crippen molar-refractivity contribution in [2.24, 2.45) is 5.73 Å². The Morgan fingerprint density at radius 3 is 2.70 bits per heavy atom. The van der Waals surface area contributed by atoms with Crippen molar-refractivity contribution >= 4 is 11.8 Å². The van der Waals surface area contributed by atoms with Gasteiger partial charge < -0.3 is 15.4 Å². The van der Waals surface area contributed by atoms with Crippen molar-refractivity contribution in [2.75, 3.05) is 20.3 Å². The molecule has 2 amide bonds. The number of aryl methyl sites for hydroxylation is 1. The molecule has 2 N–H and O–H groups in total. The standard InChI is InChI=1S/C15H20N2O3/c1-10-6-11(14(16)18)8-12(7-10)15(19)17-5-3-4-13(17)9-20-2/h6-8,13H,3-5,9H2,1-2H3,(H2,16,18)/t13-/m0/s1. The van der Waals surface area contributed by atoms with Gasteiger partial charge in [-0.05, 0) is 43.5 Å². The molecule has 108 valence electrons. The minimum atomic E-state index is -0.516. The molecule has 0 saturated carbocycles. The summed E-state index contributed by atoms with van der Waals surface area (Å²) in [4.78, 5) is 25.7. The average molecular weight is 276 g/mol. The third-order valence-electron chi connectivity index (χ3n) is 3.61. The number of rotatable bonds is 4. The Morgan fingerprint density at radius 2 is 2.05 bits per heavy atom. The first-order valence-corrected chi connectivity index (χ1v) is 6.74. The lowest BCUT2D eigenvalue weighted by atomic mass is 10.0. The Balaban J connectivity index is 2.26. The zero-order chi connectivity index (χ0) is 14.7. The van der Waals surface area contributed by atoms with Crippen LogP contribution >= 0.6 is 0 Å². The molecule has 5 nitrogen and oxygen atoms in total. The van der Waals surface area contributed by atoms with Gasteiger partial charge in [-0.1, -0.05) is 0 Å². The molecule has 1 aromatic carbocycles. The highest BCUT2D eigenvalue weighted by Crippen LogP contribution is 2.21. The second-order valence-corrected chi connectivity index (χ2v) is 5.20. The Hall–Kier alpha value is -1.88. The van der Waals surface area contributed by atoms with Gasteiger partial charge in [-0.2, -0.15) is 0 Å². The van der Waals surface area contributed by atoms with E-state index in [0.29, 0.717) is 17.7 Å². The summed E-state index contributed by atoms with van der Waals surface area (Å²) in [5, 5.41) is 0. The molecule has 0 bridgehead atoms. The van der Waals surface area contributed by atoms with E-state index >= 15 is 0 Å². The first-order valence-electron chi connectivity index (χ1n) is 6.74. The summed E-state index contributed by atoms with van der Waals surface area (Å²) < 4.78 is 5.16. The zero-order valence-electron chi connectivity index (χ0n) is 11.9. The largest absolute Gasteiger partial charge is 0.383 e. The summed E-state index contributed by atoms with van der Waals surface area (Å²) >= 11 is 0. The van der Waals surface area contributed by atoms with Crippen LogP contribution < -0.4 is 5.73 Å². The van der Waals surface area contributed by atoms with Crippen molar-refractivity contribution < 1.29 is 14.3 Å². The smallest absolute Gasteiger partial charge is 0.254 e. The number of amides is 2. The molecule has 1 fully saturated rings. The fourth-order valence-corrected chi connectivity index (χ4v) is 2.68. The van der Waals surface area contributed by atoms with Crippen LogP contribution in [0.2, 0.25) is 0 Å². The summed E-state index contributed by atoms with van der Waals surface area (Å²) in [5.74, 6) is -0.576. The van der Waals surface area contributed by atoms with Gasteiger partial charge >= 0.3 is 0 Å². The molecule has 1 aromatic rings. The average Bonchev–Trinajstić information content (AvgIpc) is 2.85. The highest BCUT2D eigenvalue weighted by molar-refractivity contribution is 5.99. The Bertz CT molecular complexity index is 528. The van der Waals surface area contributed by atoms with E-state index in [1.165, 1.54) is 0 Å². The van der Waals surface area contributed by atoms with Crippen molar-refractivity contribution in [3.63, 3.8) is 0 Å². The lowest BCUT2D eigenvalue weighted by Gasteiger charge is -2.24. The number of carbonyl (C=O) groups is 2. The van der Waals surface area contributed by atoms with Crippen molar-refractivity contribution in [3.8, 4) is 0 Å². The minimum Gasteiger partial charge on any atom is -0.383 e. The van der Waals surface area contributed by atoms with Crippen molar-refractivity contribution in [1.82, 2.24) is 4.90 Å². The van der Waals surface area contributed by atoms with Crippen LogP contribution in [0.5, 0.6) is 0 Å². The van der Waals surface area contributed by atoms with E-state index < -0.39 is 5.91 Å². The number of ether oxygens (including phenoxy) is 1. The van der Waals surface area contributed by atoms with Gasteiger partial charge in [-0.3, -0.25) is 9.59 Å². The Labute approximate surface area is 118 Å². The Kier molecular flexibility index (Phi) is 4.39. The second-order valence-electron chi connectivity index (χ2n) is 5.20. The number of benzene rings is 1. The molecular formula is C15H20N2O3. The summed E-state index contributed by atoms with van der Waals surface area (Å²) in [6.07, 6.45) is 1.93. The van der Waals surface area contributed by atoms with Gasteiger partial charge in [-0.15, -0.1) is 0 Å². The predicted octanol–water partition coefficient (Wildman–Crippen LogP) is 1.34. The zero-order valence-corrected chi connectivity index (χ0v) is 11.9. The number of methoxy groups -OCH3 is 1. The van der Waals surface area contributed by atoms with Gasteiger partial charge in [0.15, 0.2) is 0 Å². The monoisotopic (exact) mass is 276 g/mol. The molecule has 2 rings (SSSR count). The normalized spacial score (nSPS) is 18.3. The van der Waals surface area contributed by atoms with E-state index in [2.05, 4.69) is 0 Å². The second kappa shape index (κ2) is 6.05. The fraction of sp³-hybridized carbons (Fsp3) is 0.467. The SMILES string of the molecule is COC[C@@H]1CCCN1C(=O)c1cc(C)cc(C(N)=O)c1. The van der Waals surface area contributed by atoms with Crippen LogP contribution in [-0.2, 0) is 4.74 Å². The highest BCUT2D eigenvalue weighted by atomic mass is 16.5. The van der Waals surface area contributed by atoms with Gasteiger partial charge in [0.1, 0.15) is 0 Å². The van der Waals surface area contributed by atoms with Crippen LogP contribution in [0, 0.1) is 6.92 Å². The van der Waals surface area contributed by atoms with Crippen molar-refractivity contribution in [2.45, 2.75) is 25.8 Å². The van der Waals surface area contributed by atoms with E-state index in [-0.39, 0.29) is 11.9 Å². The molecule has 0 unspecified atom stereocenters. The minimum absolute atomic E-state index is 0.0595. The Morgan fingerprint density at radius 1 is 1.35 bits per heavy atom. The number of hydrogen-bond donors (Lipinski definition) is 1. The molecular weight excluding hydrogens is 256 g/mol. The van der Waals surface area contributed by atoms with Crippen molar-refractivity contribution in [3.05, 3.63) is 34.9 Å². The molecule has 1 aliphatic rings. The maximum Gasteiger partial charge on any atom is 0.254 e. The van der Waals surface area contributed by atoms with E-state index in [4.69, 9.17) is 10.5 Å². The lowest BCUT2D eigenvalue weighted by Crippen LogP contribution is -2.38. The van der Waals surface area contributed by atoms with E-state index in [1.807, 2.05) is 11.8 Å². The molecule has 5 heteroatoms. The van der Waals surface area contributed by atoms with Gasteiger partial charge in [0.2, 0.25) is 5.91 Å². The van der Waals surface area contributed by atoms with E-state index in [1.54, 1.807) is 25.3 Å². The number of primary amides is 1. The maximum absolute atomic E-state index is 12.6. The topological polar surface area (TPSA) is 72.6 Å². The third kappa shape index (κ3) is 2.99. The molecule has 0 aliphatic carbocycles. The van der Waals surface area contributed by atoms with Crippen LogP contribution in [0.15, 0.2) is 18.2 Å². The quantitative estimate of drug-likeness (QED) is 0.902. The number of hydrogen-bond acceptors (Lipinski definition) is 3. The molecule has 0 radical (unpaired) electrons. The number of carbonyl (C=O) groups excluding carboxylic acids is 2. The fourth-order valence-electron chi connectivity index (χ4n) is 2.68. The van der Waals surface area contributed by atoms with Gasteiger partial charge in [0, 0.05) is 24.8 Å². The summed E-state index contributed by atoms with van der Waals surface area (Å²) in [6, 6.07) is 5.16. The molecule has 0 spiro atoms.